The van der Waals surface area contributed by atoms with E-state index in [0.717, 1.165) is 11.1 Å². The van der Waals surface area contributed by atoms with Crippen LogP contribution in [0.25, 0.3) is 0 Å². The van der Waals surface area contributed by atoms with Gasteiger partial charge in [-0.3, -0.25) is 5.10 Å². The fourth-order valence-corrected chi connectivity index (χ4v) is 2.19. The molecule has 20 heavy (non-hydrogen) atoms. The number of hydrogen-bond donors (Lipinski definition) is 3. The van der Waals surface area contributed by atoms with Crippen LogP contribution in [0.1, 0.15) is 21.5 Å². The molecule has 102 valence electrons. The van der Waals surface area contributed by atoms with E-state index in [4.69, 9.17) is 5.11 Å². The van der Waals surface area contributed by atoms with Crippen molar-refractivity contribution in [3.63, 3.8) is 0 Å². The molecule has 7 nitrogen and oxygen atoms in total. The number of benzene rings is 1. The summed E-state index contributed by atoms with van der Waals surface area (Å²) in [5, 5.41) is 18.0. The smallest absolute Gasteiger partial charge is 0.335 e. The van der Waals surface area contributed by atoms with Crippen LogP contribution in [0.5, 0.6) is 0 Å². The molecule has 3 rings (SSSR count). The van der Waals surface area contributed by atoms with Crippen LogP contribution in [-0.2, 0) is 13.1 Å². The average molecular weight is 272 g/mol. The zero-order valence-corrected chi connectivity index (χ0v) is 10.5. The Morgan fingerprint density at radius 1 is 1.30 bits per heavy atom. The summed E-state index contributed by atoms with van der Waals surface area (Å²) in [6.07, 6.45) is 3.10. The Morgan fingerprint density at radius 3 is 2.80 bits per heavy atom. The number of carbonyl (C=O) groups excluding carboxylic acids is 1. The van der Waals surface area contributed by atoms with Gasteiger partial charge in [0.15, 0.2) is 0 Å². The third-order valence-corrected chi connectivity index (χ3v) is 3.21. The van der Waals surface area contributed by atoms with Crippen molar-refractivity contribution in [3.05, 3.63) is 47.3 Å². The standard InChI is InChI=1S/C13H12N4O3/c18-12(19)8-1-2-9-6-17(7-10(9)3-8)13(20)16-11-4-14-15-5-11/h1-5H,6-7H2,(H,14,15)(H,16,20)(H,18,19). The third kappa shape index (κ3) is 2.20. The highest BCUT2D eigenvalue weighted by Gasteiger charge is 2.24. The fourth-order valence-electron chi connectivity index (χ4n) is 2.19. The molecular weight excluding hydrogens is 260 g/mol. The summed E-state index contributed by atoms with van der Waals surface area (Å²) in [5.74, 6) is -0.964. The third-order valence-electron chi connectivity index (χ3n) is 3.21. The summed E-state index contributed by atoms with van der Waals surface area (Å²) in [4.78, 5) is 24.6. The zero-order valence-electron chi connectivity index (χ0n) is 10.5. The lowest BCUT2D eigenvalue weighted by atomic mass is 10.1. The first kappa shape index (κ1) is 12.2. The first-order valence-corrected chi connectivity index (χ1v) is 6.03. The number of aromatic nitrogens is 2. The predicted molar refractivity (Wildman–Crippen MR) is 70.3 cm³/mol. The van der Waals surface area contributed by atoms with Crippen LogP contribution >= 0.6 is 0 Å². The molecule has 1 aromatic heterocycles. The number of nitrogens with zero attached hydrogens (tertiary/aromatic N) is 2. The number of nitrogens with one attached hydrogen (secondary N) is 2. The SMILES string of the molecule is O=C(O)c1ccc2c(c1)CN(C(=O)Nc1cn[nH]c1)C2. The number of amides is 2. The lowest BCUT2D eigenvalue weighted by Crippen LogP contribution is -2.30. The van der Waals surface area contributed by atoms with E-state index >= 15 is 0 Å². The molecule has 0 unspecified atom stereocenters. The highest BCUT2D eigenvalue weighted by molar-refractivity contribution is 5.90. The molecule has 3 N–H and O–H groups in total. The van der Waals surface area contributed by atoms with Crippen LogP contribution in [-0.4, -0.2) is 32.2 Å². The molecule has 1 aliphatic heterocycles. The molecular formula is C13H12N4O3. The Hall–Kier alpha value is -2.83. The summed E-state index contributed by atoms with van der Waals surface area (Å²) >= 11 is 0. The number of fused-ring (bicyclic) bond motifs is 1. The molecule has 0 fully saturated rings. The van der Waals surface area contributed by atoms with Crippen LogP contribution < -0.4 is 5.32 Å². The second-order valence-electron chi connectivity index (χ2n) is 4.56. The molecule has 0 spiro atoms. The number of hydrogen-bond acceptors (Lipinski definition) is 3. The first-order chi connectivity index (χ1) is 9.63. The Kier molecular flexibility index (Phi) is 2.86. The summed E-state index contributed by atoms with van der Waals surface area (Å²) < 4.78 is 0. The number of carboxylic acid groups (broad SMARTS) is 1. The molecule has 0 saturated heterocycles. The Morgan fingerprint density at radius 2 is 2.10 bits per heavy atom. The maximum absolute atomic E-state index is 12.1. The second-order valence-corrected chi connectivity index (χ2v) is 4.56. The van der Waals surface area contributed by atoms with Gasteiger partial charge < -0.3 is 15.3 Å². The van der Waals surface area contributed by atoms with E-state index in [1.807, 2.05) is 0 Å². The summed E-state index contributed by atoms with van der Waals surface area (Å²) in [6.45, 7) is 0.874. The molecule has 1 aliphatic rings. The minimum Gasteiger partial charge on any atom is -0.478 e. The van der Waals surface area contributed by atoms with Gasteiger partial charge in [0.25, 0.3) is 0 Å². The molecule has 0 atom stereocenters. The Labute approximate surface area is 114 Å². The monoisotopic (exact) mass is 272 g/mol. The van der Waals surface area contributed by atoms with Gasteiger partial charge in [0.1, 0.15) is 0 Å². The number of anilines is 1. The van der Waals surface area contributed by atoms with Crippen molar-refractivity contribution in [1.82, 2.24) is 15.1 Å². The van der Waals surface area contributed by atoms with Crippen molar-refractivity contribution in [2.45, 2.75) is 13.1 Å². The van der Waals surface area contributed by atoms with E-state index in [1.165, 1.54) is 6.20 Å². The van der Waals surface area contributed by atoms with E-state index in [0.29, 0.717) is 18.8 Å². The second kappa shape index (κ2) is 4.69. The van der Waals surface area contributed by atoms with Crippen LogP contribution in [0.3, 0.4) is 0 Å². The molecule has 0 aliphatic carbocycles. The largest absolute Gasteiger partial charge is 0.478 e. The van der Waals surface area contributed by atoms with Crippen molar-refractivity contribution in [1.29, 1.82) is 0 Å². The van der Waals surface area contributed by atoms with Gasteiger partial charge in [0.2, 0.25) is 0 Å². The number of aromatic carboxylic acids is 1. The number of aromatic amines is 1. The molecule has 0 radical (unpaired) electrons. The number of carbonyl (C=O) groups is 2. The molecule has 0 bridgehead atoms. The van der Waals surface area contributed by atoms with E-state index in [1.54, 1.807) is 29.3 Å². The highest BCUT2D eigenvalue weighted by Crippen LogP contribution is 2.24. The van der Waals surface area contributed by atoms with Crippen molar-refractivity contribution >= 4 is 17.7 Å². The topological polar surface area (TPSA) is 98.3 Å². The number of rotatable bonds is 2. The maximum Gasteiger partial charge on any atom is 0.335 e. The van der Waals surface area contributed by atoms with E-state index in [2.05, 4.69) is 15.5 Å². The van der Waals surface area contributed by atoms with Gasteiger partial charge >= 0.3 is 12.0 Å². The van der Waals surface area contributed by atoms with E-state index in [-0.39, 0.29) is 11.6 Å². The Balaban J connectivity index is 1.73. The van der Waals surface area contributed by atoms with E-state index in [9.17, 15) is 9.59 Å². The number of urea groups is 1. The van der Waals surface area contributed by atoms with Crippen LogP contribution in [0.15, 0.2) is 30.6 Å². The van der Waals surface area contributed by atoms with Gasteiger partial charge in [-0.1, -0.05) is 6.07 Å². The van der Waals surface area contributed by atoms with Crippen molar-refractivity contribution < 1.29 is 14.7 Å². The Bertz CT molecular complexity index is 666. The first-order valence-electron chi connectivity index (χ1n) is 6.03. The van der Waals surface area contributed by atoms with Gasteiger partial charge in [-0.2, -0.15) is 5.10 Å². The summed E-state index contributed by atoms with van der Waals surface area (Å²) in [5.41, 5.74) is 2.67. The normalized spacial score (nSPS) is 13.1. The molecule has 7 heteroatoms. The molecule has 1 aromatic carbocycles. The maximum atomic E-state index is 12.1. The number of H-pyrrole nitrogens is 1. The molecule has 0 saturated carbocycles. The van der Waals surface area contributed by atoms with Gasteiger partial charge in [-0.15, -0.1) is 0 Å². The zero-order chi connectivity index (χ0) is 14.1. The minimum atomic E-state index is -0.964. The summed E-state index contributed by atoms with van der Waals surface area (Å²) in [7, 11) is 0. The highest BCUT2D eigenvalue weighted by atomic mass is 16.4. The number of carboxylic acids is 1. The van der Waals surface area contributed by atoms with Gasteiger partial charge in [-0.25, -0.2) is 9.59 Å². The van der Waals surface area contributed by atoms with Crippen LogP contribution in [0.4, 0.5) is 10.5 Å². The van der Waals surface area contributed by atoms with Gasteiger partial charge in [-0.05, 0) is 23.3 Å². The average Bonchev–Trinajstić information content (AvgIpc) is 3.05. The van der Waals surface area contributed by atoms with E-state index < -0.39 is 5.97 Å². The minimum absolute atomic E-state index is 0.237. The van der Waals surface area contributed by atoms with Crippen LogP contribution in [0, 0.1) is 0 Å². The van der Waals surface area contributed by atoms with Crippen molar-refractivity contribution in [2.24, 2.45) is 0 Å². The fraction of sp³-hybridized carbons (Fsp3) is 0.154. The van der Waals surface area contributed by atoms with Gasteiger partial charge in [0, 0.05) is 19.3 Å². The predicted octanol–water partition coefficient (Wildman–Crippen LogP) is 1.66. The van der Waals surface area contributed by atoms with Crippen LogP contribution in [0.2, 0.25) is 0 Å². The van der Waals surface area contributed by atoms with Crippen molar-refractivity contribution in [2.75, 3.05) is 5.32 Å². The quantitative estimate of drug-likeness (QED) is 0.774. The molecule has 2 aromatic rings. The summed E-state index contributed by atoms with van der Waals surface area (Å²) in [6, 6.07) is 4.69. The molecule has 2 heterocycles. The lowest BCUT2D eigenvalue weighted by Gasteiger charge is -2.15. The van der Waals surface area contributed by atoms with Crippen molar-refractivity contribution in [3.8, 4) is 0 Å². The van der Waals surface area contributed by atoms with Gasteiger partial charge in [0.05, 0.1) is 17.4 Å². The lowest BCUT2D eigenvalue weighted by molar-refractivity contribution is 0.0696. The molecule has 2 amide bonds.